The molecule has 0 aliphatic carbocycles. The second-order valence-electron chi connectivity index (χ2n) is 3.95. The van der Waals surface area contributed by atoms with Crippen molar-refractivity contribution in [2.75, 3.05) is 10.5 Å². The molecule has 2 rings (SSSR count). The van der Waals surface area contributed by atoms with E-state index in [0.717, 1.165) is 5.56 Å². The summed E-state index contributed by atoms with van der Waals surface area (Å²) < 4.78 is 26.9. The van der Waals surface area contributed by atoms with Crippen molar-refractivity contribution in [3.63, 3.8) is 0 Å². The standard InChI is InChI=1S/C12H12ClN3O2S/c1-8-3-2-4-10(13)12(8)16-19(17,18)9-5-6-15-11(14)7-9/h2-7,16H,1H3,(H2,14,15). The maximum atomic E-state index is 12.2. The molecule has 19 heavy (non-hydrogen) atoms. The molecule has 0 aliphatic rings. The molecule has 0 bridgehead atoms. The Labute approximate surface area is 116 Å². The third-order valence-electron chi connectivity index (χ3n) is 2.52. The Bertz CT molecular complexity index is 696. The van der Waals surface area contributed by atoms with E-state index in [1.165, 1.54) is 18.3 Å². The Morgan fingerprint density at radius 3 is 2.68 bits per heavy atom. The average Bonchev–Trinajstić information content (AvgIpc) is 2.34. The number of anilines is 2. The summed E-state index contributed by atoms with van der Waals surface area (Å²) in [6, 6.07) is 7.79. The second-order valence-corrected chi connectivity index (χ2v) is 6.04. The molecule has 7 heteroatoms. The number of hydrogen-bond acceptors (Lipinski definition) is 4. The van der Waals surface area contributed by atoms with Crippen molar-refractivity contribution in [1.29, 1.82) is 0 Å². The molecule has 2 aromatic rings. The second kappa shape index (κ2) is 5.07. The number of nitrogens with one attached hydrogen (secondary N) is 1. The number of aryl methyl sites for hydroxylation is 1. The third kappa shape index (κ3) is 2.97. The predicted octanol–water partition coefficient (Wildman–Crippen LogP) is 2.43. The number of aromatic nitrogens is 1. The van der Waals surface area contributed by atoms with E-state index < -0.39 is 10.0 Å². The largest absolute Gasteiger partial charge is 0.384 e. The van der Waals surface area contributed by atoms with Crippen molar-refractivity contribution in [2.45, 2.75) is 11.8 Å². The van der Waals surface area contributed by atoms with Gasteiger partial charge in [-0.05, 0) is 24.6 Å². The highest BCUT2D eigenvalue weighted by molar-refractivity contribution is 7.92. The fourth-order valence-corrected chi connectivity index (χ4v) is 3.05. The molecule has 0 spiro atoms. The summed E-state index contributed by atoms with van der Waals surface area (Å²) in [6.07, 6.45) is 1.34. The maximum absolute atomic E-state index is 12.2. The fourth-order valence-electron chi connectivity index (χ4n) is 1.55. The van der Waals surface area contributed by atoms with Crippen LogP contribution in [0.2, 0.25) is 5.02 Å². The highest BCUT2D eigenvalue weighted by atomic mass is 35.5. The minimum Gasteiger partial charge on any atom is -0.384 e. The Balaban J connectivity index is 2.42. The van der Waals surface area contributed by atoms with Crippen LogP contribution < -0.4 is 10.5 Å². The van der Waals surface area contributed by atoms with Crippen LogP contribution in [0, 0.1) is 6.92 Å². The smallest absolute Gasteiger partial charge is 0.262 e. The minimum absolute atomic E-state index is 0.0410. The molecule has 0 saturated heterocycles. The first-order valence-electron chi connectivity index (χ1n) is 5.39. The van der Waals surface area contributed by atoms with Gasteiger partial charge in [-0.15, -0.1) is 0 Å². The topological polar surface area (TPSA) is 85.1 Å². The van der Waals surface area contributed by atoms with Gasteiger partial charge in [0.15, 0.2) is 0 Å². The molecule has 0 saturated carbocycles. The number of hydrogen-bond donors (Lipinski definition) is 2. The third-order valence-corrected chi connectivity index (χ3v) is 4.18. The first-order chi connectivity index (χ1) is 8.90. The number of rotatable bonds is 3. The predicted molar refractivity (Wildman–Crippen MR) is 75.6 cm³/mol. The lowest BCUT2D eigenvalue weighted by atomic mass is 10.2. The van der Waals surface area contributed by atoms with E-state index in [-0.39, 0.29) is 10.7 Å². The quantitative estimate of drug-likeness (QED) is 0.911. The summed E-state index contributed by atoms with van der Waals surface area (Å²) >= 11 is 5.99. The van der Waals surface area contributed by atoms with Crippen LogP contribution in [0.4, 0.5) is 11.5 Å². The molecule has 0 unspecified atom stereocenters. The monoisotopic (exact) mass is 297 g/mol. The fraction of sp³-hybridized carbons (Fsp3) is 0.0833. The molecular weight excluding hydrogens is 286 g/mol. The SMILES string of the molecule is Cc1cccc(Cl)c1NS(=O)(=O)c1ccnc(N)c1. The van der Waals surface area contributed by atoms with Gasteiger partial charge in [0.2, 0.25) is 0 Å². The number of sulfonamides is 1. The first-order valence-corrected chi connectivity index (χ1v) is 7.26. The zero-order valence-electron chi connectivity index (χ0n) is 10.1. The molecule has 1 heterocycles. The lowest BCUT2D eigenvalue weighted by Gasteiger charge is -2.12. The molecular formula is C12H12ClN3O2S. The number of benzene rings is 1. The van der Waals surface area contributed by atoms with Gasteiger partial charge in [0.05, 0.1) is 15.6 Å². The van der Waals surface area contributed by atoms with Crippen molar-refractivity contribution in [1.82, 2.24) is 4.98 Å². The number of halogens is 1. The minimum atomic E-state index is -3.74. The summed E-state index contributed by atoms with van der Waals surface area (Å²) in [5, 5.41) is 0.339. The van der Waals surface area contributed by atoms with Crippen molar-refractivity contribution in [3.05, 3.63) is 47.1 Å². The summed E-state index contributed by atoms with van der Waals surface area (Å²) in [7, 11) is -3.74. The van der Waals surface area contributed by atoms with Crippen LogP contribution >= 0.6 is 11.6 Å². The maximum Gasteiger partial charge on any atom is 0.262 e. The van der Waals surface area contributed by atoms with Crippen molar-refractivity contribution in [2.24, 2.45) is 0 Å². The Morgan fingerprint density at radius 2 is 2.05 bits per heavy atom. The number of pyridine rings is 1. The molecule has 0 fully saturated rings. The molecule has 1 aromatic heterocycles. The summed E-state index contributed by atoms with van der Waals surface area (Å²) in [4.78, 5) is 3.80. The van der Waals surface area contributed by atoms with Crippen molar-refractivity contribution >= 4 is 33.1 Å². The van der Waals surface area contributed by atoms with Gasteiger partial charge < -0.3 is 5.73 Å². The molecule has 100 valence electrons. The van der Waals surface area contributed by atoms with Gasteiger partial charge in [-0.2, -0.15) is 0 Å². The van der Waals surface area contributed by atoms with E-state index in [1.807, 2.05) is 0 Å². The van der Waals surface area contributed by atoms with Gasteiger partial charge in [-0.25, -0.2) is 13.4 Å². The molecule has 3 N–H and O–H groups in total. The number of para-hydroxylation sites is 1. The van der Waals surface area contributed by atoms with Gasteiger partial charge in [0, 0.05) is 12.3 Å². The zero-order chi connectivity index (χ0) is 14.0. The Hall–Kier alpha value is -1.79. The molecule has 0 amide bonds. The summed E-state index contributed by atoms with van der Waals surface area (Å²) in [5.74, 6) is 0.138. The first kappa shape index (κ1) is 13.6. The lowest BCUT2D eigenvalue weighted by Crippen LogP contribution is -2.14. The van der Waals surface area contributed by atoms with E-state index >= 15 is 0 Å². The molecule has 0 atom stereocenters. The zero-order valence-corrected chi connectivity index (χ0v) is 11.7. The van der Waals surface area contributed by atoms with Gasteiger partial charge in [-0.1, -0.05) is 23.7 Å². The van der Waals surface area contributed by atoms with Crippen molar-refractivity contribution in [3.8, 4) is 0 Å². The van der Waals surface area contributed by atoms with Gasteiger partial charge in [0.1, 0.15) is 5.82 Å². The van der Waals surface area contributed by atoms with Crippen LogP contribution in [0.15, 0.2) is 41.4 Å². The van der Waals surface area contributed by atoms with Crippen LogP contribution in [0.1, 0.15) is 5.56 Å². The van der Waals surface area contributed by atoms with Crippen LogP contribution in [0.25, 0.3) is 0 Å². The van der Waals surface area contributed by atoms with Crippen LogP contribution in [-0.4, -0.2) is 13.4 Å². The van der Waals surface area contributed by atoms with Crippen molar-refractivity contribution < 1.29 is 8.42 Å². The van der Waals surface area contributed by atoms with Crippen LogP contribution in [0.3, 0.4) is 0 Å². The molecule has 5 nitrogen and oxygen atoms in total. The van der Waals surface area contributed by atoms with Gasteiger partial charge in [-0.3, -0.25) is 4.72 Å². The Morgan fingerprint density at radius 1 is 1.32 bits per heavy atom. The van der Waals surface area contributed by atoms with Crippen LogP contribution in [-0.2, 0) is 10.0 Å². The van der Waals surface area contributed by atoms with Gasteiger partial charge in [0.25, 0.3) is 10.0 Å². The average molecular weight is 298 g/mol. The molecule has 0 aliphatic heterocycles. The van der Waals surface area contributed by atoms with Gasteiger partial charge >= 0.3 is 0 Å². The lowest BCUT2D eigenvalue weighted by molar-refractivity contribution is 0.601. The number of nitrogens with two attached hydrogens (primary N) is 1. The van der Waals surface area contributed by atoms with E-state index in [1.54, 1.807) is 25.1 Å². The molecule has 1 aromatic carbocycles. The highest BCUT2D eigenvalue weighted by Gasteiger charge is 2.17. The number of nitrogens with zero attached hydrogens (tertiary/aromatic N) is 1. The highest BCUT2D eigenvalue weighted by Crippen LogP contribution is 2.27. The molecule has 0 radical (unpaired) electrons. The van der Waals surface area contributed by atoms with E-state index in [2.05, 4.69) is 9.71 Å². The summed E-state index contributed by atoms with van der Waals surface area (Å²) in [5.41, 5.74) is 6.57. The van der Waals surface area contributed by atoms with E-state index in [0.29, 0.717) is 10.7 Å². The van der Waals surface area contributed by atoms with E-state index in [9.17, 15) is 8.42 Å². The summed E-state index contributed by atoms with van der Waals surface area (Å²) in [6.45, 7) is 1.77. The van der Waals surface area contributed by atoms with Crippen LogP contribution in [0.5, 0.6) is 0 Å². The number of nitrogen functional groups attached to an aromatic ring is 1. The normalized spacial score (nSPS) is 11.3. The van der Waals surface area contributed by atoms with E-state index in [4.69, 9.17) is 17.3 Å². The Kier molecular flexibility index (Phi) is 3.64.